The lowest BCUT2D eigenvalue weighted by molar-refractivity contribution is 0.567. The summed E-state index contributed by atoms with van der Waals surface area (Å²) in [6.07, 6.45) is 1.72. The molecule has 1 N–H and O–H groups in total. The molecule has 0 unspecified atom stereocenters. The van der Waals surface area contributed by atoms with Crippen molar-refractivity contribution in [3.63, 3.8) is 0 Å². The summed E-state index contributed by atoms with van der Waals surface area (Å²) in [6.45, 7) is 2.56. The first-order valence-electron chi connectivity index (χ1n) is 7.19. The van der Waals surface area contributed by atoms with Crippen molar-refractivity contribution in [2.24, 2.45) is 0 Å². The van der Waals surface area contributed by atoms with Gasteiger partial charge in [-0.1, -0.05) is 23.7 Å². The number of rotatable bonds is 4. The zero-order valence-electron chi connectivity index (χ0n) is 12.5. The van der Waals surface area contributed by atoms with Gasteiger partial charge in [0.05, 0.1) is 5.69 Å². The van der Waals surface area contributed by atoms with E-state index in [2.05, 4.69) is 33.2 Å². The zero-order chi connectivity index (χ0) is 16.4. The third kappa shape index (κ3) is 3.80. The second-order valence-electron chi connectivity index (χ2n) is 5.32. The van der Waals surface area contributed by atoms with E-state index in [0.29, 0.717) is 22.9 Å². The fraction of sp³-hybridized carbons (Fsp3) is 0.176. The SMILES string of the molecule is C[C@H](NCc1cc(=O)n2cc(Br)ccc2n1)c1cccc(Cl)c1. The molecule has 1 atom stereocenters. The van der Waals surface area contributed by atoms with Crippen molar-refractivity contribution in [2.75, 3.05) is 0 Å². The Bertz CT molecular complexity index is 910. The van der Waals surface area contributed by atoms with Crippen molar-refractivity contribution in [2.45, 2.75) is 19.5 Å². The summed E-state index contributed by atoms with van der Waals surface area (Å²) in [5.74, 6) is 0. The molecule has 118 valence electrons. The molecule has 3 aromatic rings. The van der Waals surface area contributed by atoms with Crippen molar-refractivity contribution < 1.29 is 0 Å². The number of nitrogens with zero attached hydrogens (tertiary/aromatic N) is 2. The molecular formula is C17H15BrClN3O. The molecule has 0 fully saturated rings. The van der Waals surface area contributed by atoms with Gasteiger partial charge < -0.3 is 5.32 Å². The smallest absolute Gasteiger partial charge is 0.258 e. The molecule has 0 radical (unpaired) electrons. The number of aromatic nitrogens is 2. The lowest BCUT2D eigenvalue weighted by Crippen LogP contribution is -2.22. The summed E-state index contributed by atoms with van der Waals surface area (Å²) in [4.78, 5) is 16.7. The van der Waals surface area contributed by atoms with E-state index in [1.165, 1.54) is 4.40 Å². The van der Waals surface area contributed by atoms with Gasteiger partial charge in [0.25, 0.3) is 5.56 Å². The first-order valence-corrected chi connectivity index (χ1v) is 8.37. The van der Waals surface area contributed by atoms with Crippen LogP contribution in [0, 0.1) is 0 Å². The Hall–Kier alpha value is -1.69. The monoisotopic (exact) mass is 391 g/mol. The van der Waals surface area contributed by atoms with Crippen LogP contribution < -0.4 is 10.9 Å². The first-order chi connectivity index (χ1) is 11.0. The van der Waals surface area contributed by atoms with Crippen LogP contribution >= 0.6 is 27.5 Å². The highest BCUT2D eigenvalue weighted by Crippen LogP contribution is 2.17. The Morgan fingerprint density at radius 1 is 1.30 bits per heavy atom. The predicted molar refractivity (Wildman–Crippen MR) is 95.9 cm³/mol. The molecule has 0 bridgehead atoms. The summed E-state index contributed by atoms with van der Waals surface area (Å²) in [7, 11) is 0. The summed E-state index contributed by atoms with van der Waals surface area (Å²) >= 11 is 9.37. The van der Waals surface area contributed by atoms with Crippen LogP contribution in [0.25, 0.3) is 5.65 Å². The Morgan fingerprint density at radius 2 is 2.13 bits per heavy atom. The fourth-order valence-corrected chi connectivity index (χ4v) is 2.90. The molecule has 3 rings (SSSR count). The number of pyridine rings is 1. The topological polar surface area (TPSA) is 46.4 Å². The first kappa shape index (κ1) is 16.2. The van der Waals surface area contributed by atoms with Gasteiger partial charge in [0.2, 0.25) is 0 Å². The quantitative estimate of drug-likeness (QED) is 0.731. The maximum atomic E-state index is 12.2. The van der Waals surface area contributed by atoms with Crippen LogP contribution in [0.5, 0.6) is 0 Å². The van der Waals surface area contributed by atoms with Crippen molar-refractivity contribution in [1.82, 2.24) is 14.7 Å². The number of halogens is 2. The van der Waals surface area contributed by atoms with Gasteiger partial charge >= 0.3 is 0 Å². The van der Waals surface area contributed by atoms with E-state index in [4.69, 9.17) is 11.6 Å². The molecule has 6 heteroatoms. The third-order valence-corrected chi connectivity index (χ3v) is 4.32. The van der Waals surface area contributed by atoms with E-state index in [9.17, 15) is 4.79 Å². The third-order valence-electron chi connectivity index (χ3n) is 3.61. The molecule has 0 amide bonds. The Balaban J connectivity index is 1.79. The second kappa shape index (κ2) is 6.83. The molecule has 0 saturated carbocycles. The van der Waals surface area contributed by atoms with Crippen LogP contribution in [0.15, 0.2) is 57.9 Å². The van der Waals surface area contributed by atoms with Crippen molar-refractivity contribution in [3.05, 3.63) is 79.8 Å². The summed E-state index contributed by atoms with van der Waals surface area (Å²) in [6, 6.07) is 13.1. The molecule has 2 heterocycles. The van der Waals surface area contributed by atoms with E-state index in [1.54, 1.807) is 12.3 Å². The van der Waals surface area contributed by atoms with Gasteiger partial charge in [0.15, 0.2) is 0 Å². The molecule has 1 aromatic carbocycles. The molecule has 0 aliphatic rings. The van der Waals surface area contributed by atoms with E-state index < -0.39 is 0 Å². The molecular weight excluding hydrogens is 378 g/mol. The number of hydrogen-bond donors (Lipinski definition) is 1. The standard InChI is InChI=1S/C17H15BrClN3O/c1-11(12-3-2-4-14(19)7-12)20-9-15-8-17(23)22-10-13(18)5-6-16(22)21-15/h2-8,10-11,20H,9H2,1H3/t11-/m0/s1. The zero-order valence-corrected chi connectivity index (χ0v) is 14.8. The number of nitrogens with one attached hydrogen (secondary N) is 1. The summed E-state index contributed by atoms with van der Waals surface area (Å²) in [5, 5.41) is 4.08. The average Bonchev–Trinajstić information content (AvgIpc) is 2.53. The Labute approximate surface area is 147 Å². The molecule has 0 aliphatic carbocycles. The van der Waals surface area contributed by atoms with Crippen LogP contribution in [0.3, 0.4) is 0 Å². The van der Waals surface area contributed by atoms with Gasteiger partial charge in [-0.05, 0) is 52.7 Å². The largest absolute Gasteiger partial charge is 0.305 e. The minimum absolute atomic E-state index is 0.0940. The highest BCUT2D eigenvalue weighted by Gasteiger charge is 2.07. The van der Waals surface area contributed by atoms with E-state index in [-0.39, 0.29) is 11.6 Å². The molecule has 2 aromatic heterocycles. The lowest BCUT2D eigenvalue weighted by Gasteiger charge is -2.14. The number of hydrogen-bond acceptors (Lipinski definition) is 3. The molecule has 0 saturated heterocycles. The maximum absolute atomic E-state index is 12.2. The summed E-state index contributed by atoms with van der Waals surface area (Å²) in [5.41, 5.74) is 2.35. The van der Waals surface area contributed by atoms with Gasteiger partial charge in [-0.2, -0.15) is 0 Å². The summed E-state index contributed by atoms with van der Waals surface area (Å²) < 4.78 is 2.36. The number of fused-ring (bicyclic) bond motifs is 1. The highest BCUT2D eigenvalue weighted by atomic mass is 79.9. The molecule has 4 nitrogen and oxygen atoms in total. The number of benzene rings is 1. The maximum Gasteiger partial charge on any atom is 0.258 e. The highest BCUT2D eigenvalue weighted by molar-refractivity contribution is 9.10. The molecule has 0 spiro atoms. The van der Waals surface area contributed by atoms with Gasteiger partial charge in [-0.15, -0.1) is 0 Å². The minimum atomic E-state index is -0.0940. The van der Waals surface area contributed by atoms with Crippen LogP contribution in [-0.2, 0) is 6.54 Å². The van der Waals surface area contributed by atoms with Crippen LogP contribution in [0.4, 0.5) is 0 Å². The van der Waals surface area contributed by atoms with Crippen LogP contribution in [0.2, 0.25) is 5.02 Å². The molecule has 23 heavy (non-hydrogen) atoms. The predicted octanol–water partition coefficient (Wildman–Crippen LogP) is 3.96. The van der Waals surface area contributed by atoms with Crippen LogP contribution in [-0.4, -0.2) is 9.38 Å². The lowest BCUT2D eigenvalue weighted by atomic mass is 10.1. The van der Waals surface area contributed by atoms with Gasteiger partial charge in [-0.3, -0.25) is 9.20 Å². The fourth-order valence-electron chi connectivity index (χ4n) is 2.37. The van der Waals surface area contributed by atoms with E-state index in [0.717, 1.165) is 10.0 Å². The van der Waals surface area contributed by atoms with E-state index >= 15 is 0 Å². The van der Waals surface area contributed by atoms with Crippen molar-refractivity contribution >= 4 is 33.2 Å². The van der Waals surface area contributed by atoms with Gasteiger partial charge in [0.1, 0.15) is 5.65 Å². The van der Waals surface area contributed by atoms with Crippen molar-refractivity contribution in [3.8, 4) is 0 Å². The average molecular weight is 393 g/mol. The van der Waals surface area contributed by atoms with Crippen LogP contribution in [0.1, 0.15) is 24.2 Å². The Kier molecular flexibility index (Phi) is 4.80. The Morgan fingerprint density at radius 3 is 2.91 bits per heavy atom. The van der Waals surface area contributed by atoms with Crippen molar-refractivity contribution in [1.29, 1.82) is 0 Å². The van der Waals surface area contributed by atoms with Gasteiger partial charge in [-0.25, -0.2) is 4.98 Å². The molecule has 0 aliphatic heterocycles. The van der Waals surface area contributed by atoms with Gasteiger partial charge in [0, 0.05) is 34.3 Å². The van der Waals surface area contributed by atoms with E-state index in [1.807, 2.05) is 36.4 Å². The minimum Gasteiger partial charge on any atom is -0.305 e. The normalized spacial score (nSPS) is 12.5. The second-order valence-corrected chi connectivity index (χ2v) is 6.67.